The summed E-state index contributed by atoms with van der Waals surface area (Å²) in [7, 11) is 0. The first-order valence-electron chi connectivity index (χ1n) is 5.65. The standard InChI is InChI=1S/C12H18N2O/c15-10-12-6-2-4-8-14(12)9-11-5-1-3-7-13-11/h1,3,5,7,12,15H,2,4,6,8-10H2/t12-/m0/s1. The van der Waals surface area contributed by atoms with Crippen molar-refractivity contribution in [1.29, 1.82) is 0 Å². The average molecular weight is 206 g/mol. The molecule has 1 aromatic heterocycles. The lowest BCUT2D eigenvalue weighted by atomic mass is 10.0. The Morgan fingerprint density at radius 1 is 1.40 bits per heavy atom. The number of hydrogen-bond acceptors (Lipinski definition) is 3. The van der Waals surface area contributed by atoms with E-state index >= 15 is 0 Å². The third kappa shape index (κ3) is 2.76. The van der Waals surface area contributed by atoms with Crippen LogP contribution in [0.1, 0.15) is 25.0 Å². The Kier molecular flexibility index (Phi) is 3.69. The van der Waals surface area contributed by atoms with Gasteiger partial charge in [0.05, 0.1) is 12.3 Å². The first-order valence-corrected chi connectivity index (χ1v) is 5.65. The van der Waals surface area contributed by atoms with Crippen LogP contribution in [0.15, 0.2) is 24.4 Å². The average Bonchev–Trinajstić information content (AvgIpc) is 2.31. The van der Waals surface area contributed by atoms with E-state index in [-0.39, 0.29) is 6.61 Å². The van der Waals surface area contributed by atoms with E-state index in [1.54, 1.807) is 0 Å². The van der Waals surface area contributed by atoms with Crippen molar-refractivity contribution in [2.45, 2.75) is 31.8 Å². The molecule has 0 bridgehead atoms. The maximum atomic E-state index is 9.28. The van der Waals surface area contributed by atoms with Crippen LogP contribution in [0.5, 0.6) is 0 Å². The highest BCUT2D eigenvalue weighted by Gasteiger charge is 2.21. The van der Waals surface area contributed by atoms with Crippen LogP contribution >= 0.6 is 0 Å². The van der Waals surface area contributed by atoms with Gasteiger partial charge >= 0.3 is 0 Å². The van der Waals surface area contributed by atoms with E-state index in [4.69, 9.17) is 0 Å². The molecule has 0 aromatic carbocycles. The van der Waals surface area contributed by atoms with Crippen LogP contribution in [-0.4, -0.2) is 34.2 Å². The first kappa shape index (κ1) is 10.6. The summed E-state index contributed by atoms with van der Waals surface area (Å²) < 4.78 is 0. The van der Waals surface area contributed by atoms with Crippen molar-refractivity contribution in [3.05, 3.63) is 30.1 Å². The van der Waals surface area contributed by atoms with Crippen molar-refractivity contribution in [2.24, 2.45) is 0 Å². The van der Waals surface area contributed by atoms with Gasteiger partial charge in [-0.25, -0.2) is 0 Å². The van der Waals surface area contributed by atoms with Crippen LogP contribution in [0, 0.1) is 0 Å². The zero-order chi connectivity index (χ0) is 10.5. The predicted molar refractivity (Wildman–Crippen MR) is 59.4 cm³/mol. The van der Waals surface area contributed by atoms with E-state index in [1.807, 2.05) is 24.4 Å². The Labute approximate surface area is 90.8 Å². The van der Waals surface area contributed by atoms with Crippen molar-refractivity contribution < 1.29 is 5.11 Å². The molecule has 0 amide bonds. The van der Waals surface area contributed by atoms with E-state index in [2.05, 4.69) is 9.88 Å². The number of rotatable bonds is 3. The molecule has 0 spiro atoms. The van der Waals surface area contributed by atoms with E-state index in [9.17, 15) is 5.11 Å². The second kappa shape index (κ2) is 5.24. The summed E-state index contributed by atoms with van der Waals surface area (Å²) >= 11 is 0. The van der Waals surface area contributed by atoms with Gasteiger partial charge in [0.2, 0.25) is 0 Å². The smallest absolute Gasteiger partial charge is 0.0587 e. The fraction of sp³-hybridized carbons (Fsp3) is 0.583. The molecule has 82 valence electrons. The number of aromatic nitrogens is 1. The largest absolute Gasteiger partial charge is 0.395 e. The minimum atomic E-state index is 0.271. The van der Waals surface area contributed by atoms with Gasteiger partial charge in [-0.2, -0.15) is 0 Å². The number of pyridine rings is 1. The number of likely N-dealkylation sites (tertiary alicyclic amines) is 1. The molecular weight excluding hydrogens is 188 g/mol. The van der Waals surface area contributed by atoms with Gasteiger partial charge in [0, 0.05) is 18.8 Å². The normalized spacial score (nSPS) is 22.9. The molecule has 0 aliphatic carbocycles. The highest BCUT2D eigenvalue weighted by Crippen LogP contribution is 2.18. The van der Waals surface area contributed by atoms with Crippen molar-refractivity contribution >= 4 is 0 Å². The summed E-state index contributed by atoms with van der Waals surface area (Å²) in [5.41, 5.74) is 1.10. The molecule has 1 aliphatic heterocycles. The van der Waals surface area contributed by atoms with Gasteiger partial charge in [-0.05, 0) is 31.5 Å². The van der Waals surface area contributed by atoms with E-state index in [1.165, 1.54) is 12.8 Å². The SMILES string of the molecule is OC[C@@H]1CCCCN1Cc1ccccn1. The van der Waals surface area contributed by atoms with Crippen LogP contribution in [0.4, 0.5) is 0 Å². The van der Waals surface area contributed by atoms with Crippen LogP contribution in [0.25, 0.3) is 0 Å². The zero-order valence-corrected chi connectivity index (χ0v) is 8.97. The lowest BCUT2D eigenvalue weighted by Gasteiger charge is -2.34. The van der Waals surface area contributed by atoms with Crippen molar-refractivity contribution in [2.75, 3.05) is 13.2 Å². The van der Waals surface area contributed by atoms with Gasteiger partial charge in [0.15, 0.2) is 0 Å². The minimum absolute atomic E-state index is 0.271. The molecule has 0 radical (unpaired) electrons. The van der Waals surface area contributed by atoms with E-state index < -0.39 is 0 Å². The Bertz CT molecular complexity index is 289. The maximum absolute atomic E-state index is 9.28. The van der Waals surface area contributed by atoms with Gasteiger partial charge in [-0.1, -0.05) is 12.5 Å². The van der Waals surface area contributed by atoms with Gasteiger partial charge in [-0.3, -0.25) is 9.88 Å². The Morgan fingerprint density at radius 2 is 2.33 bits per heavy atom. The molecule has 0 saturated carbocycles. The summed E-state index contributed by atoms with van der Waals surface area (Å²) in [5, 5.41) is 9.28. The van der Waals surface area contributed by atoms with Gasteiger partial charge in [0.1, 0.15) is 0 Å². The van der Waals surface area contributed by atoms with Crippen LogP contribution in [-0.2, 0) is 6.54 Å². The lowest BCUT2D eigenvalue weighted by Crippen LogP contribution is -2.41. The summed E-state index contributed by atoms with van der Waals surface area (Å²) in [6, 6.07) is 6.33. The Morgan fingerprint density at radius 3 is 3.07 bits per heavy atom. The summed E-state index contributed by atoms with van der Waals surface area (Å²) in [6.07, 6.45) is 5.42. The monoisotopic (exact) mass is 206 g/mol. The second-order valence-corrected chi connectivity index (χ2v) is 4.12. The zero-order valence-electron chi connectivity index (χ0n) is 8.97. The molecule has 15 heavy (non-hydrogen) atoms. The van der Waals surface area contributed by atoms with Gasteiger partial charge in [0.25, 0.3) is 0 Å². The summed E-state index contributed by atoms with van der Waals surface area (Å²) in [6.45, 7) is 2.22. The number of aliphatic hydroxyl groups excluding tert-OH is 1. The number of nitrogens with zero attached hydrogens (tertiary/aromatic N) is 2. The molecule has 2 rings (SSSR count). The molecule has 2 heterocycles. The molecule has 1 atom stereocenters. The molecule has 1 aliphatic rings. The third-order valence-electron chi connectivity index (χ3n) is 3.05. The molecule has 3 heteroatoms. The van der Waals surface area contributed by atoms with Crippen molar-refractivity contribution in [1.82, 2.24) is 9.88 Å². The lowest BCUT2D eigenvalue weighted by molar-refractivity contribution is 0.0831. The van der Waals surface area contributed by atoms with E-state index in [0.717, 1.165) is 25.2 Å². The maximum Gasteiger partial charge on any atom is 0.0587 e. The fourth-order valence-corrected chi connectivity index (χ4v) is 2.17. The molecule has 1 aromatic rings. The van der Waals surface area contributed by atoms with Gasteiger partial charge in [-0.15, -0.1) is 0 Å². The van der Waals surface area contributed by atoms with Crippen LogP contribution < -0.4 is 0 Å². The molecule has 1 N–H and O–H groups in total. The molecule has 3 nitrogen and oxygen atoms in total. The number of aliphatic hydroxyl groups is 1. The molecule has 1 fully saturated rings. The number of piperidine rings is 1. The van der Waals surface area contributed by atoms with Crippen LogP contribution in [0.2, 0.25) is 0 Å². The fourth-order valence-electron chi connectivity index (χ4n) is 2.17. The second-order valence-electron chi connectivity index (χ2n) is 4.12. The Hall–Kier alpha value is -0.930. The van der Waals surface area contributed by atoms with E-state index in [0.29, 0.717) is 6.04 Å². The third-order valence-corrected chi connectivity index (χ3v) is 3.05. The Balaban J connectivity index is 1.97. The summed E-state index contributed by atoms with van der Waals surface area (Å²) in [4.78, 5) is 6.66. The predicted octanol–water partition coefficient (Wildman–Crippen LogP) is 1.43. The first-order chi connectivity index (χ1) is 7.40. The summed E-state index contributed by atoms with van der Waals surface area (Å²) in [5.74, 6) is 0. The highest BCUT2D eigenvalue weighted by atomic mass is 16.3. The number of hydrogen-bond donors (Lipinski definition) is 1. The minimum Gasteiger partial charge on any atom is -0.395 e. The van der Waals surface area contributed by atoms with Gasteiger partial charge < -0.3 is 5.11 Å². The highest BCUT2D eigenvalue weighted by molar-refractivity contribution is 5.03. The topological polar surface area (TPSA) is 36.4 Å². The quantitative estimate of drug-likeness (QED) is 0.812. The molecular formula is C12H18N2O. The van der Waals surface area contributed by atoms with Crippen molar-refractivity contribution in [3.63, 3.8) is 0 Å². The molecule has 0 unspecified atom stereocenters. The van der Waals surface area contributed by atoms with Crippen LogP contribution in [0.3, 0.4) is 0 Å². The van der Waals surface area contributed by atoms with Crippen molar-refractivity contribution in [3.8, 4) is 0 Å². The molecule has 1 saturated heterocycles.